The highest BCUT2D eigenvalue weighted by molar-refractivity contribution is 5.91. The summed E-state index contributed by atoms with van der Waals surface area (Å²) < 4.78 is 0. The molecule has 2 rings (SSSR count). The van der Waals surface area contributed by atoms with Crippen molar-refractivity contribution in [3.63, 3.8) is 0 Å². The lowest BCUT2D eigenvalue weighted by Crippen LogP contribution is -2.59. The Morgan fingerprint density at radius 2 is 2.00 bits per heavy atom. The van der Waals surface area contributed by atoms with E-state index >= 15 is 0 Å². The number of aromatic nitrogens is 1. The maximum atomic E-state index is 12.7. The van der Waals surface area contributed by atoms with Crippen LogP contribution in [0.4, 0.5) is 0 Å². The van der Waals surface area contributed by atoms with Gasteiger partial charge in [0, 0.05) is 24.9 Å². The first-order chi connectivity index (χ1) is 11.7. The third-order valence-electron chi connectivity index (χ3n) is 4.67. The lowest BCUT2D eigenvalue weighted by atomic mass is 9.80. The van der Waals surface area contributed by atoms with E-state index in [2.05, 4.69) is 22.5 Å². The zero-order valence-electron chi connectivity index (χ0n) is 14.6. The lowest BCUT2D eigenvalue weighted by Gasteiger charge is -2.36. The smallest absolute Gasteiger partial charge is 0.245 e. The molecule has 0 radical (unpaired) electrons. The van der Waals surface area contributed by atoms with Gasteiger partial charge in [-0.3, -0.25) is 14.6 Å². The highest BCUT2D eigenvalue weighted by Crippen LogP contribution is 2.28. The quantitative estimate of drug-likeness (QED) is 0.720. The standard InChI is InChI=1S/C19H29N3O2/c1-2-3-14-21-18(24)19(12-6-4-7-13-19)22-17(23)11-10-16-9-5-8-15-20-16/h5,8-9,15H,2-4,6-7,10-14H2,1H3,(H,21,24)(H,22,23). The summed E-state index contributed by atoms with van der Waals surface area (Å²) in [5, 5.41) is 6.06. The van der Waals surface area contributed by atoms with Gasteiger partial charge in [-0.15, -0.1) is 0 Å². The van der Waals surface area contributed by atoms with Gasteiger partial charge in [-0.1, -0.05) is 38.7 Å². The molecule has 24 heavy (non-hydrogen) atoms. The van der Waals surface area contributed by atoms with E-state index in [0.717, 1.165) is 50.6 Å². The molecule has 0 unspecified atom stereocenters. The third-order valence-corrected chi connectivity index (χ3v) is 4.67. The molecule has 1 aromatic rings. The van der Waals surface area contributed by atoms with Crippen LogP contribution in [0, 0.1) is 0 Å². The minimum absolute atomic E-state index is 0.0122. The summed E-state index contributed by atoms with van der Waals surface area (Å²) >= 11 is 0. The molecule has 1 aliphatic carbocycles. The van der Waals surface area contributed by atoms with Gasteiger partial charge in [0.25, 0.3) is 0 Å². The second-order valence-corrected chi connectivity index (χ2v) is 6.62. The van der Waals surface area contributed by atoms with Crippen molar-refractivity contribution >= 4 is 11.8 Å². The maximum Gasteiger partial charge on any atom is 0.245 e. The first-order valence-corrected chi connectivity index (χ1v) is 9.15. The molecular formula is C19H29N3O2. The fraction of sp³-hybridized carbons (Fsp3) is 0.632. The monoisotopic (exact) mass is 331 g/mol. The summed E-state index contributed by atoms with van der Waals surface area (Å²) in [5.41, 5.74) is 0.186. The largest absolute Gasteiger partial charge is 0.354 e. The Balaban J connectivity index is 1.92. The summed E-state index contributed by atoms with van der Waals surface area (Å²) in [6.45, 7) is 2.78. The summed E-state index contributed by atoms with van der Waals surface area (Å²) in [6, 6.07) is 5.70. The van der Waals surface area contributed by atoms with Crippen molar-refractivity contribution < 1.29 is 9.59 Å². The molecule has 2 amide bonds. The molecule has 0 atom stereocenters. The van der Waals surface area contributed by atoms with Crippen LogP contribution < -0.4 is 10.6 Å². The van der Waals surface area contributed by atoms with Gasteiger partial charge in [0.15, 0.2) is 0 Å². The molecule has 1 aromatic heterocycles. The van der Waals surface area contributed by atoms with Crippen molar-refractivity contribution in [3.8, 4) is 0 Å². The number of carbonyl (C=O) groups is 2. The van der Waals surface area contributed by atoms with E-state index in [1.807, 2.05) is 18.2 Å². The van der Waals surface area contributed by atoms with Crippen molar-refractivity contribution in [2.45, 2.75) is 70.3 Å². The van der Waals surface area contributed by atoms with Gasteiger partial charge in [-0.25, -0.2) is 0 Å². The number of unbranched alkanes of at least 4 members (excludes halogenated alkanes) is 1. The van der Waals surface area contributed by atoms with E-state index in [1.54, 1.807) is 6.20 Å². The van der Waals surface area contributed by atoms with E-state index in [9.17, 15) is 9.59 Å². The zero-order valence-corrected chi connectivity index (χ0v) is 14.6. The Morgan fingerprint density at radius 3 is 2.67 bits per heavy atom. The van der Waals surface area contributed by atoms with Crippen molar-refractivity contribution in [1.29, 1.82) is 0 Å². The normalized spacial score (nSPS) is 16.4. The SMILES string of the molecule is CCCCNC(=O)C1(NC(=O)CCc2ccccn2)CCCCC1. The number of nitrogens with zero attached hydrogens (tertiary/aromatic N) is 1. The van der Waals surface area contributed by atoms with E-state index in [0.29, 0.717) is 19.4 Å². The molecule has 0 aromatic carbocycles. The Bertz CT molecular complexity index is 525. The maximum absolute atomic E-state index is 12.7. The predicted molar refractivity (Wildman–Crippen MR) is 94.4 cm³/mol. The second kappa shape index (κ2) is 9.40. The lowest BCUT2D eigenvalue weighted by molar-refractivity contribution is -0.135. The Kier molecular flexibility index (Phi) is 7.22. The number of aryl methyl sites for hydroxylation is 1. The van der Waals surface area contributed by atoms with Crippen molar-refractivity contribution in [1.82, 2.24) is 15.6 Å². The van der Waals surface area contributed by atoms with Crippen LogP contribution in [0.15, 0.2) is 24.4 Å². The van der Waals surface area contributed by atoms with Gasteiger partial charge in [0.2, 0.25) is 11.8 Å². The summed E-state index contributed by atoms with van der Waals surface area (Å²) in [7, 11) is 0. The molecule has 2 N–H and O–H groups in total. The minimum atomic E-state index is -0.715. The molecule has 1 aliphatic rings. The number of amides is 2. The number of hydrogen-bond donors (Lipinski definition) is 2. The Hall–Kier alpha value is -1.91. The topological polar surface area (TPSA) is 71.1 Å². The fourth-order valence-electron chi connectivity index (χ4n) is 3.23. The number of rotatable bonds is 8. The van der Waals surface area contributed by atoms with Gasteiger partial charge in [0.1, 0.15) is 5.54 Å². The van der Waals surface area contributed by atoms with E-state index in [1.165, 1.54) is 0 Å². The highest BCUT2D eigenvalue weighted by Gasteiger charge is 2.40. The number of pyridine rings is 1. The molecule has 1 fully saturated rings. The number of carbonyl (C=O) groups excluding carboxylic acids is 2. The molecule has 0 spiro atoms. The van der Waals surface area contributed by atoms with Crippen LogP contribution in [0.3, 0.4) is 0 Å². The van der Waals surface area contributed by atoms with Gasteiger partial charge in [-0.05, 0) is 37.8 Å². The van der Waals surface area contributed by atoms with Crippen LogP contribution in [0.25, 0.3) is 0 Å². The van der Waals surface area contributed by atoms with Gasteiger partial charge in [0.05, 0.1) is 0 Å². The van der Waals surface area contributed by atoms with Crippen LogP contribution in [-0.4, -0.2) is 28.9 Å². The van der Waals surface area contributed by atoms with Crippen molar-refractivity contribution in [2.75, 3.05) is 6.54 Å². The van der Waals surface area contributed by atoms with Crippen molar-refractivity contribution in [3.05, 3.63) is 30.1 Å². The van der Waals surface area contributed by atoms with Gasteiger partial charge in [-0.2, -0.15) is 0 Å². The third kappa shape index (κ3) is 5.32. The molecule has 5 heteroatoms. The minimum Gasteiger partial charge on any atom is -0.354 e. The molecule has 1 saturated carbocycles. The average molecular weight is 331 g/mol. The second-order valence-electron chi connectivity index (χ2n) is 6.62. The predicted octanol–water partition coefficient (Wildman–Crippen LogP) is 2.75. The van der Waals surface area contributed by atoms with Crippen LogP contribution in [0.5, 0.6) is 0 Å². The molecule has 1 heterocycles. The summed E-state index contributed by atoms with van der Waals surface area (Å²) in [5.74, 6) is -0.0740. The first kappa shape index (κ1) is 18.4. The van der Waals surface area contributed by atoms with E-state index in [4.69, 9.17) is 0 Å². The average Bonchev–Trinajstić information content (AvgIpc) is 2.62. The highest BCUT2D eigenvalue weighted by atomic mass is 16.2. The molecular weight excluding hydrogens is 302 g/mol. The summed E-state index contributed by atoms with van der Waals surface area (Å²) in [4.78, 5) is 29.3. The van der Waals surface area contributed by atoms with Gasteiger partial charge >= 0.3 is 0 Å². The molecule has 0 saturated heterocycles. The Labute approximate surface area is 144 Å². The molecule has 0 aliphatic heterocycles. The zero-order chi connectivity index (χ0) is 17.3. The van der Waals surface area contributed by atoms with Crippen LogP contribution in [0.2, 0.25) is 0 Å². The molecule has 132 valence electrons. The van der Waals surface area contributed by atoms with E-state index in [-0.39, 0.29) is 11.8 Å². The van der Waals surface area contributed by atoms with Crippen LogP contribution in [0.1, 0.15) is 64.0 Å². The number of nitrogens with one attached hydrogen (secondary N) is 2. The van der Waals surface area contributed by atoms with Crippen LogP contribution >= 0.6 is 0 Å². The first-order valence-electron chi connectivity index (χ1n) is 9.15. The summed E-state index contributed by atoms with van der Waals surface area (Å²) in [6.07, 6.45) is 9.29. The van der Waals surface area contributed by atoms with E-state index < -0.39 is 5.54 Å². The van der Waals surface area contributed by atoms with Crippen molar-refractivity contribution in [2.24, 2.45) is 0 Å². The molecule has 5 nitrogen and oxygen atoms in total. The van der Waals surface area contributed by atoms with Gasteiger partial charge < -0.3 is 10.6 Å². The Morgan fingerprint density at radius 1 is 1.21 bits per heavy atom. The van der Waals surface area contributed by atoms with Crippen LogP contribution in [-0.2, 0) is 16.0 Å². The number of hydrogen-bond acceptors (Lipinski definition) is 3. The molecule has 0 bridgehead atoms. The fourth-order valence-corrected chi connectivity index (χ4v) is 3.23.